The van der Waals surface area contributed by atoms with E-state index in [0.29, 0.717) is 0 Å². The number of hydrazine groups is 2. The minimum absolute atomic E-state index is 0.212. The smallest absolute Gasteiger partial charge is 0.424 e. The third-order valence-corrected chi connectivity index (χ3v) is 2.11. The molecule has 0 radical (unpaired) electrons. The van der Waals surface area contributed by atoms with E-state index in [-0.39, 0.29) is 4.32 Å². The highest BCUT2D eigenvalue weighted by Gasteiger charge is 2.21. The van der Waals surface area contributed by atoms with E-state index in [9.17, 15) is 4.79 Å². The molecule has 1 aliphatic rings. The second-order valence-electron chi connectivity index (χ2n) is 2.67. The molecule has 7 heteroatoms. The highest BCUT2D eigenvalue weighted by molar-refractivity contribution is 8.10. The molecule has 2 N–H and O–H groups in total. The fourth-order valence-corrected chi connectivity index (χ4v) is 1.57. The van der Waals surface area contributed by atoms with Crippen LogP contribution in [0, 0.1) is 0 Å². The van der Waals surface area contributed by atoms with Crippen LogP contribution in [-0.4, -0.2) is 38.7 Å². The molecule has 0 aromatic carbocycles. The molecule has 1 aliphatic heterocycles. The minimum atomic E-state index is -1.14. The van der Waals surface area contributed by atoms with Crippen molar-refractivity contribution < 1.29 is 9.90 Å². The Bertz CT molecular complexity index is 218. The fourth-order valence-electron chi connectivity index (χ4n) is 1.23. The van der Waals surface area contributed by atoms with Gasteiger partial charge in [0.15, 0.2) is 4.32 Å². The first-order valence-corrected chi connectivity index (χ1v) is 4.74. The van der Waals surface area contributed by atoms with Crippen LogP contribution < -0.4 is 5.43 Å². The molecular weight excluding hydrogens is 210 g/mol. The zero-order valence-electron chi connectivity index (χ0n) is 6.93. The number of rotatable bonds is 1. The maximum absolute atomic E-state index is 10.4. The topological polar surface area (TPSA) is 55.8 Å². The Kier molecular flexibility index (Phi) is 3.76. The van der Waals surface area contributed by atoms with Gasteiger partial charge in [-0.1, -0.05) is 0 Å². The van der Waals surface area contributed by atoms with Crippen molar-refractivity contribution in [2.45, 2.75) is 12.8 Å². The van der Waals surface area contributed by atoms with Crippen LogP contribution in [-0.2, 0) is 0 Å². The number of amides is 1. The zero-order valence-corrected chi connectivity index (χ0v) is 8.64. The lowest BCUT2D eigenvalue weighted by Gasteiger charge is -2.30. The maximum atomic E-state index is 10.4. The van der Waals surface area contributed by atoms with Gasteiger partial charge in [0.05, 0.1) is 0 Å². The lowest BCUT2D eigenvalue weighted by atomic mass is 10.4. The van der Waals surface area contributed by atoms with Crippen molar-refractivity contribution in [1.82, 2.24) is 15.6 Å². The number of hydrogen-bond acceptors (Lipinski definition) is 3. The van der Waals surface area contributed by atoms with E-state index in [2.05, 4.69) is 18.1 Å². The third kappa shape index (κ3) is 3.02. The first-order chi connectivity index (χ1) is 6.11. The van der Waals surface area contributed by atoms with Crippen LogP contribution in [0.1, 0.15) is 12.8 Å². The Morgan fingerprint density at radius 3 is 2.46 bits per heavy atom. The van der Waals surface area contributed by atoms with Gasteiger partial charge in [-0.05, 0) is 25.1 Å². The Labute approximate surface area is 87.0 Å². The van der Waals surface area contributed by atoms with Gasteiger partial charge in [-0.2, -0.15) is 5.12 Å². The summed E-state index contributed by atoms with van der Waals surface area (Å²) in [6.07, 6.45) is 0.964. The van der Waals surface area contributed by atoms with Gasteiger partial charge in [0, 0.05) is 13.1 Å². The second-order valence-corrected chi connectivity index (χ2v) is 3.78. The van der Waals surface area contributed by atoms with E-state index in [1.165, 1.54) is 5.12 Å². The summed E-state index contributed by atoms with van der Waals surface area (Å²) in [5.41, 5.74) is 2.18. The van der Waals surface area contributed by atoms with Crippen LogP contribution in [0.5, 0.6) is 0 Å². The first kappa shape index (κ1) is 10.6. The molecule has 0 saturated carbocycles. The van der Waals surface area contributed by atoms with E-state index in [1.54, 1.807) is 0 Å². The standard InChI is InChI=1S/C6H11N3O2S2/c10-5(11)7-9(6(12)13)8-3-1-2-4-8/h7H,1-4H2,(H,10,11)(H,12,13). The molecule has 1 saturated heterocycles. The van der Waals surface area contributed by atoms with Crippen LogP contribution in [0.2, 0.25) is 0 Å². The quantitative estimate of drug-likeness (QED) is 0.346. The Hall–Kier alpha value is -0.530. The van der Waals surface area contributed by atoms with Gasteiger partial charge in [-0.15, -0.1) is 12.6 Å². The number of thiol groups is 1. The number of thiocarbonyl (C=S) groups is 1. The number of nitrogens with one attached hydrogen (secondary N) is 1. The van der Waals surface area contributed by atoms with E-state index in [4.69, 9.17) is 17.3 Å². The summed E-state index contributed by atoms with van der Waals surface area (Å²) in [5.74, 6) is 0. The normalized spacial score (nSPS) is 17.0. The van der Waals surface area contributed by atoms with Gasteiger partial charge in [-0.25, -0.2) is 15.2 Å². The van der Waals surface area contributed by atoms with Crippen molar-refractivity contribution in [3.8, 4) is 0 Å². The lowest BCUT2D eigenvalue weighted by Crippen LogP contribution is -2.52. The summed E-state index contributed by atoms with van der Waals surface area (Å²) in [5, 5.41) is 11.6. The summed E-state index contributed by atoms with van der Waals surface area (Å²) in [7, 11) is 0. The lowest BCUT2D eigenvalue weighted by molar-refractivity contribution is 0.0322. The van der Waals surface area contributed by atoms with Gasteiger partial charge in [-0.3, -0.25) is 0 Å². The molecule has 0 atom stereocenters. The highest BCUT2D eigenvalue weighted by Crippen LogP contribution is 2.11. The van der Waals surface area contributed by atoms with E-state index in [1.807, 2.05) is 5.01 Å². The van der Waals surface area contributed by atoms with Gasteiger partial charge < -0.3 is 5.11 Å². The largest absolute Gasteiger partial charge is 0.464 e. The molecule has 13 heavy (non-hydrogen) atoms. The molecule has 1 heterocycles. The van der Waals surface area contributed by atoms with Crippen LogP contribution in [0.3, 0.4) is 0 Å². The summed E-state index contributed by atoms with van der Waals surface area (Å²) in [4.78, 5) is 10.4. The van der Waals surface area contributed by atoms with Crippen molar-refractivity contribution in [3.05, 3.63) is 0 Å². The minimum Gasteiger partial charge on any atom is -0.464 e. The monoisotopic (exact) mass is 221 g/mol. The Morgan fingerprint density at radius 1 is 1.54 bits per heavy atom. The average Bonchev–Trinajstić information content (AvgIpc) is 2.50. The predicted molar refractivity (Wildman–Crippen MR) is 55.4 cm³/mol. The summed E-state index contributed by atoms with van der Waals surface area (Å²) < 4.78 is 0.212. The van der Waals surface area contributed by atoms with E-state index >= 15 is 0 Å². The van der Waals surface area contributed by atoms with Crippen LogP contribution in [0.25, 0.3) is 0 Å². The van der Waals surface area contributed by atoms with Gasteiger partial charge in [0.25, 0.3) is 0 Å². The molecule has 1 fully saturated rings. The third-order valence-electron chi connectivity index (χ3n) is 1.75. The van der Waals surface area contributed by atoms with Crippen LogP contribution >= 0.6 is 24.8 Å². The summed E-state index contributed by atoms with van der Waals surface area (Å²) in [6.45, 7) is 1.61. The van der Waals surface area contributed by atoms with Gasteiger partial charge in [0.2, 0.25) is 0 Å². The number of carbonyl (C=O) groups is 1. The maximum Gasteiger partial charge on any atom is 0.424 e. The molecule has 0 aromatic heterocycles. The molecule has 5 nitrogen and oxygen atoms in total. The molecular formula is C6H11N3O2S2. The molecule has 0 bridgehead atoms. The molecule has 0 aromatic rings. The molecule has 0 spiro atoms. The number of carboxylic acid groups (broad SMARTS) is 1. The zero-order chi connectivity index (χ0) is 9.84. The van der Waals surface area contributed by atoms with Crippen molar-refractivity contribution in [1.29, 1.82) is 0 Å². The SMILES string of the molecule is O=C(O)NN(C(=S)S)N1CCCC1. The highest BCUT2D eigenvalue weighted by atomic mass is 32.1. The van der Waals surface area contributed by atoms with Crippen molar-refractivity contribution >= 4 is 35.3 Å². The van der Waals surface area contributed by atoms with Crippen molar-refractivity contribution in [3.63, 3.8) is 0 Å². The van der Waals surface area contributed by atoms with Gasteiger partial charge in [0.1, 0.15) is 0 Å². The Morgan fingerprint density at radius 2 is 2.08 bits per heavy atom. The van der Waals surface area contributed by atoms with E-state index in [0.717, 1.165) is 25.9 Å². The van der Waals surface area contributed by atoms with E-state index < -0.39 is 6.09 Å². The summed E-state index contributed by atoms with van der Waals surface area (Å²) >= 11 is 8.73. The molecule has 74 valence electrons. The van der Waals surface area contributed by atoms with Gasteiger partial charge >= 0.3 is 6.09 Å². The fraction of sp³-hybridized carbons (Fsp3) is 0.667. The number of hydrogen-bond donors (Lipinski definition) is 3. The predicted octanol–water partition coefficient (Wildman–Crippen LogP) is 0.696. The van der Waals surface area contributed by atoms with Crippen LogP contribution in [0.4, 0.5) is 4.79 Å². The van der Waals surface area contributed by atoms with Crippen LogP contribution in [0.15, 0.2) is 0 Å². The number of nitrogens with zero attached hydrogens (tertiary/aromatic N) is 2. The first-order valence-electron chi connectivity index (χ1n) is 3.89. The molecule has 0 aliphatic carbocycles. The molecule has 0 unspecified atom stereocenters. The Balaban J connectivity index is 2.55. The second kappa shape index (κ2) is 4.64. The van der Waals surface area contributed by atoms with Crippen molar-refractivity contribution in [2.24, 2.45) is 0 Å². The average molecular weight is 221 g/mol. The van der Waals surface area contributed by atoms with Crippen molar-refractivity contribution in [2.75, 3.05) is 13.1 Å². The molecule has 1 amide bonds. The molecule has 1 rings (SSSR count). The summed E-state index contributed by atoms with van der Waals surface area (Å²) in [6, 6.07) is 0.